The summed E-state index contributed by atoms with van der Waals surface area (Å²) in [6.45, 7) is 0. The van der Waals surface area contributed by atoms with Crippen LogP contribution in [0, 0.1) is 11.6 Å². The lowest BCUT2D eigenvalue weighted by molar-refractivity contribution is 0.498. The highest BCUT2D eigenvalue weighted by Crippen LogP contribution is 2.20. The summed E-state index contributed by atoms with van der Waals surface area (Å²) in [7, 11) is 0. The van der Waals surface area contributed by atoms with Crippen LogP contribution in [0.15, 0.2) is 36.7 Å². The minimum atomic E-state index is -0.586. The Morgan fingerprint density at radius 1 is 1.17 bits per heavy atom. The molecule has 1 unspecified atom stereocenters. The highest BCUT2D eigenvalue weighted by Gasteiger charge is 2.16. The van der Waals surface area contributed by atoms with Gasteiger partial charge in [0.1, 0.15) is 11.6 Å². The highest BCUT2D eigenvalue weighted by atomic mass is 19.1. The third kappa shape index (κ3) is 2.66. The molecule has 0 spiro atoms. The number of hydrogen-bond acceptors (Lipinski definition) is 4. The van der Waals surface area contributed by atoms with Crippen molar-refractivity contribution in [1.29, 1.82) is 0 Å². The maximum Gasteiger partial charge on any atom is 0.129 e. The van der Waals surface area contributed by atoms with Crippen LogP contribution in [0.1, 0.15) is 17.2 Å². The van der Waals surface area contributed by atoms with Crippen molar-refractivity contribution in [2.45, 2.75) is 12.5 Å². The lowest BCUT2D eigenvalue weighted by atomic mass is 10.0. The van der Waals surface area contributed by atoms with Crippen LogP contribution in [0.2, 0.25) is 0 Å². The summed E-state index contributed by atoms with van der Waals surface area (Å²) in [4.78, 5) is 0. The Kier molecular flexibility index (Phi) is 3.91. The summed E-state index contributed by atoms with van der Waals surface area (Å²) in [5, 5.41) is 7.34. The number of benzene rings is 1. The van der Waals surface area contributed by atoms with Gasteiger partial charge in [0.2, 0.25) is 0 Å². The molecule has 18 heavy (non-hydrogen) atoms. The third-order valence-electron chi connectivity index (χ3n) is 2.68. The molecule has 0 aliphatic rings. The van der Waals surface area contributed by atoms with E-state index in [1.807, 2.05) is 0 Å². The van der Waals surface area contributed by atoms with Crippen molar-refractivity contribution in [3.8, 4) is 0 Å². The first-order valence-electron chi connectivity index (χ1n) is 5.38. The maximum absolute atomic E-state index is 13.5. The van der Waals surface area contributed by atoms with Crippen LogP contribution in [0.3, 0.4) is 0 Å². The molecular formula is C12H12F2N4. The lowest BCUT2D eigenvalue weighted by Gasteiger charge is -2.16. The van der Waals surface area contributed by atoms with E-state index in [2.05, 4.69) is 15.6 Å². The van der Waals surface area contributed by atoms with Gasteiger partial charge in [-0.15, -0.1) is 0 Å². The van der Waals surface area contributed by atoms with E-state index in [0.29, 0.717) is 0 Å². The summed E-state index contributed by atoms with van der Waals surface area (Å²) in [5.74, 6) is 4.24. The zero-order valence-electron chi connectivity index (χ0n) is 9.48. The van der Waals surface area contributed by atoms with Crippen LogP contribution >= 0.6 is 0 Å². The Morgan fingerprint density at radius 2 is 1.89 bits per heavy atom. The van der Waals surface area contributed by atoms with Gasteiger partial charge in [0, 0.05) is 11.8 Å². The monoisotopic (exact) mass is 250 g/mol. The Bertz CT molecular complexity index is 498. The fraction of sp³-hybridized carbons (Fsp3) is 0.167. The third-order valence-corrected chi connectivity index (χ3v) is 2.68. The molecule has 94 valence electrons. The maximum atomic E-state index is 13.5. The van der Waals surface area contributed by atoms with E-state index in [9.17, 15) is 8.78 Å². The van der Waals surface area contributed by atoms with Crippen molar-refractivity contribution in [1.82, 2.24) is 15.6 Å². The summed E-state index contributed by atoms with van der Waals surface area (Å²) in [6.07, 6.45) is 3.10. The van der Waals surface area contributed by atoms with Crippen molar-refractivity contribution >= 4 is 0 Å². The number of nitrogens with zero attached hydrogens (tertiary/aromatic N) is 2. The number of aromatic nitrogens is 2. The van der Waals surface area contributed by atoms with Crippen LogP contribution < -0.4 is 11.3 Å². The van der Waals surface area contributed by atoms with Gasteiger partial charge in [-0.1, -0.05) is 6.07 Å². The average Bonchev–Trinajstić information content (AvgIpc) is 2.40. The molecule has 4 nitrogen and oxygen atoms in total. The van der Waals surface area contributed by atoms with Crippen molar-refractivity contribution < 1.29 is 8.78 Å². The Labute approximate surface area is 103 Å². The molecule has 0 radical (unpaired) electrons. The SMILES string of the molecule is NNC(Cc1c(F)cccc1F)c1ccnnc1. The van der Waals surface area contributed by atoms with Crippen molar-refractivity contribution in [3.05, 3.63) is 59.4 Å². The summed E-state index contributed by atoms with van der Waals surface area (Å²) in [5.41, 5.74) is 3.24. The number of rotatable bonds is 4. The predicted octanol–water partition coefficient (Wildman–Crippen LogP) is 1.50. The second-order valence-electron chi connectivity index (χ2n) is 3.80. The Morgan fingerprint density at radius 3 is 2.44 bits per heavy atom. The molecule has 1 atom stereocenters. The molecular weight excluding hydrogens is 238 g/mol. The fourth-order valence-corrected chi connectivity index (χ4v) is 1.71. The minimum absolute atomic E-state index is 0.00253. The lowest BCUT2D eigenvalue weighted by Crippen LogP contribution is -2.30. The first-order valence-corrected chi connectivity index (χ1v) is 5.38. The van der Waals surface area contributed by atoms with Gasteiger partial charge in [0.05, 0.1) is 12.2 Å². The van der Waals surface area contributed by atoms with Gasteiger partial charge >= 0.3 is 0 Å². The first-order chi connectivity index (χ1) is 8.72. The molecule has 0 aliphatic heterocycles. The van der Waals surface area contributed by atoms with Gasteiger partial charge in [-0.05, 0) is 30.2 Å². The smallest absolute Gasteiger partial charge is 0.129 e. The standard InChI is InChI=1S/C12H12F2N4/c13-10-2-1-3-11(14)9(10)6-12(18-15)8-4-5-16-17-7-8/h1-5,7,12,18H,6,15H2. The van der Waals surface area contributed by atoms with Crippen molar-refractivity contribution in [3.63, 3.8) is 0 Å². The van der Waals surface area contributed by atoms with E-state index >= 15 is 0 Å². The minimum Gasteiger partial charge on any atom is -0.271 e. The summed E-state index contributed by atoms with van der Waals surface area (Å²) >= 11 is 0. The molecule has 0 amide bonds. The zero-order valence-corrected chi connectivity index (χ0v) is 9.48. The number of hydrogen-bond donors (Lipinski definition) is 2. The molecule has 1 aromatic carbocycles. The van der Waals surface area contributed by atoms with Gasteiger partial charge in [-0.2, -0.15) is 10.2 Å². The van der Waals surface area contributed by atoms with E-state index in [0.717, 1.165) is 5.56 Å². The van der Waals surface area contributed by atoms with Gasteiger partial charge in [0.25, 0.3) is 0 Å². The normalized spacial score (nSPS) is 12.4. The van der Waals surface area contributed by atoms with Crippen LogP contribution in [0.5, 0.6) is 0 Å². The molecule has 0 fully saturated rings. The Balaban J connectivity index is 2.26. The molecule has 6 heteroatoms. The largest absolute Gasteiger partial charge is 0.271 e. The number of halogens is 2. The molecule has 0 aliphatic carbocycles. The number of nitrogens with one attached hydrogen (secondary N) is 1. The molecule has 0 saturated heterocycles. The number of hydrazine groups is 1. The average molecular weight is 250 g/mol. The molecule has 1 aromatic heterocycles. The van der Waals surface area contributed by atoms with E-state index < -0.39 is 17.7 Å². The van der Waals surface area contributed by atoms with Gasteiger partial charge < -0.3 is 0 Å². The van der Waals surface area contributed by atoms with Gasteiger partial charge in [-0.3, -0.25) is 11.3 Å². The van der Waals surface area contributed by atoms with Gasteiger partial charge in [0.15, 0.2) is 0 Å². The molecule has 0 bridgehead atoms. The van der Waals surface area contributed by atoms with E-state index in [-0.39, 0.29) is 12.0 Å². The molecule has 3 N–H and O–H groups in total. The fourth-order valence-electron chi connectivity index (χ4n) is 1.71. The van der Waals surface area contributed by atoms with Crippen LogP contribution in [0.4, 0.5) is 8.78 Å². The molecule has 0 saturated carbocycles. The van der Waals surface area contributed by atoms with E-state index in [1.54, 1.807) is 6.07 Å². The van der Waals surface area contributed by atoms with Gasteiger partial charge in [-0.25, -0.2) is 8.78 Å². The zero-order chi connectivity index (χ0) is 13.0. The summed E-state index contributed by atoms with van der Waals surface area (Å²) in [6, 6.07) is 5.03. The quantitative estimate of drug-likeness (QED) is 0.637. The topological polar surface area (TPSA) is 63.8 Å². The van der Waals surface area contributed by atoms with Crippen molar-refractivity contribution in [2.24, 2.45) is 5.84 Å². The van der Waals surface area contributed by atoms with E-state index in [4.69, 9.17) is 5.84 Å². The first kappa shape index (κ1) is 12.5. The van der Waals surface area contributed by atoms with E-state index in [1.165, 1.54) is 30.6 Å². The highest BCUT2D eigenvalue weighted by molar-refractivity contribution is 5.23. The molecule has 1 heterocycles. The second-order valence-corrected chi connectivity index (χ2v) is 3.80. The summed E-state index contributed by atoms with van der Waals surface area (Å²) < 4.78 is 27.1. The second kappa shape index (κ2) is 5.61. The Hall–Kier alpha value is -1.92. The number of nitrogens with two attached hydrogens (primary N) is 1. The van der Waals surface area contributed by atoms with Crippen LogP contribution in [-0.4, -0.2) is 10.2 Å². The van der Waals surface area contributed by atoms with Crippen LogP contribution in [0.25, 0.3) is 0 Å². The molecule has 2 aromatic rings. The predicted molar refractivity (Wildman–Crippen MR) is 62.2 cm³/mol. The van der Waals surface area contributed by atoms with Crippen LogP contribution in [-0.2, 0) is 6.42 Å². The van der Waals surface area contributed by atoms with Crippen molar-refractivity contribution in [2.75, 3.05) is 0 Å². The molecule has 2 rings (SSSR count).